The lowest BCUT2D eigenvalue weighted by molar-refractivity contribution is -0.132. The van der Waals surface area contributed by atoms with E-state index in [1.165, 1.54) is 0 Å². The third-order valence-electron chi connectivity index (χ3n) is 2.11. The number of hydrogen-bond acceptors (Lipinski definition) is 3. The van der Waals surface area contributed by atoms with Crippen LogP contribution in [0.5, 0.6) is 0 Å². The van der Waals surface area contributed by atoms with Gasteiger partial charge in [-0.25, -0.2) is 0 Å². The Hall–Kier alpha value is -0.120. The fraction of sp³-hybridized carbons (Fsp3) is 1.00. The third-order valence-corrected chi connectivity index (χ3v) is 2.11. The molecule has 3 N–H and O–H groups in total. The van der Waals surface area contributed by atoms with Crippen LogP contribution in [0.3, 0.4) is 0 Å². The summed E-state index contributed by atoms with van der Waals surface area (Å²) in [6.07, 6.45) is 3.64. The van der Waals surface area contributed by atoms with Crippen LogP contribution in [0.1, 0.15) is 32.6 Å². The summed E-state index contributed by atoms with van der Waals surface area (Å²) < 4.78 is 5.24. The summed E-state index contributed by atoms with van der Waals surface area (Å²) in [5, 5.41) is 8.92. The summed E-state index contributed by atoms with van der Waals surface area (Å²) in [6.45, 7) is 1.65. The molecule has 3 heteroatoms. The normalized spacial score (nSPS) is 35.2. The van der Waals surface area contributed by atoms with E-state index in [0.717, 1.165) is 25.7 Å². The van der Waals surface area contributed by atoms with Gasteiger partial charge in [-0.2, -0.15) is 0 Å². The fourth-order valence-electron chi connectivity index (χ4n) is 1.50. The minimum Gasteiger partial charge on any atom is -0.368 e. The predicted molar refractivity (Wildman–Crippen MR) is 43.0 cm³/mol. The van der Waals surface area contributed by atoms with E-state index in [4.69, 9.17) is 15.6 Å². The van der Waals surface area contributed by atoms with Gasteiger partial charge < -0.3 is 15.6 Å². The second kappa shape index (κ2) is 4.04. The lowest BCUT2D eigenvalue weighted by Crippen LogP contribution is -2.31. The van der Waals surface area contributed by atoms with Crippen LogP contribution in [0, 0.1) is 0 Å². The Morgan fingerprint density at radius 2 is 1.91 bits per heavy atom. The van der Waals surface area contributed by atoms with Crippen molar-refractivity contribution < 1.29 is 9.84 Å². The number of rotatable bonds is 2. The lowest BCUT2D eigenvalue weighted by atomic mass is 9.94. The topological polar surface area (TPSA) is 55.5 Å². The van der Waals surface area contributed by atoms with Gasteiger partial charge >= 0.3 is 0 Å². The standard InChI is InChI=1S/C8H17NO2/c1-6(10)11-8-4-2-7(9)3-5-8/h6-8,10H,2-5,9H2,1H3. The van der Waals surface area contributed by atoms with Crippen molar-refractivity contribution in [2.75, 3.05) is 0 Å². The highest BCUT2D eigenvalue weighted by atomic mass is 16.6. The minimum absolute atomic E-state index is 0.231. The van der Waals surface area contributed by atoms with Crippen molar-refractivity contribution >= 4 is 0 Å². The first-order valence-corrected chi connectivity index (χ1v) is 4.27. The number of aliphatic hydroxyl groups excluding tert-OH is 1. The summed E-state index contributed by atoms with van der Waals surface area (Å²) in [7, 11) is 0. The zero-order valence-electron chi connectivity index (χ0n) is 6.99. The molecule has 11 heavy (non-hydrogen) atoms. The van der Waals surface area contributed by atoms with Crippen molar-refractivity contribution in [1.29, 1.82) is 0 Å². The Kier molecular flexibility index (Phi) is 3.30. The van der Waals surface area contributed by atoms with E-state index in [9.17, 15) is 0 Å². The summed E-state index contributed by atoms with van der Waals surface area (Å²) in [4.78, 5) is 0. The molecule has 0 amide bonds. The van der Waals surface area contributed by atoms with Gasteiger partial charge in [0.25, 0.3) is 0 Å². The first-order chi connectivity index (χ1) is 5.18. The Morgan fingerprint density at radius 1 is 1.36 bits per heavy atom. The molecule has 3 nitrogen and oxygen atoms in total. The zero-order chi connectivity index (χ0) is 8.27. The highest BCUT2D eigenvalue weighted by Gasteiger charge is 2.19. The van der Waals surface area contributed by atoms with Crippen molar-refractivity contribution in [2.45, 2.75) is 51.0 Å². The quantitative estimate of drug-likeness (QED) is 0.580. The molecule has 0 saturated heterocycles. The van der Waals surface area contributed by atoms with E-state index in [2.05, 4.69) is 0 Å². The average Bonchev–Trinajstić information content (AvgIpc) is 1.93. The molecule has 0 aromatic carbocycles. The van der Waals surface area contributed by atoms with Gasteiger partial charge in [0.15, 0.2) is 6.29 Å². The van der Waals surface area contributed by atoms with Gasteiger partial charge in [-0.15, -0.1) is 0 Å². The van der Waals surface area contributed by atoms with Crippen molar-refractivity contribution in [1.82, 2.24) is 0 Å². The molecule has 1 atom stereocenters. The molecule has 1 aliphatic carbocycles. The summed E-state index contributed by atoms with van der Waals surface area (Å²) in [5.74, 6) is 0. The zero-order valence-corrected chi connectivity index (χ0v) is 6.99. The molecule has 1 saturated carbocycles. The maximum absolute atomic E-state index is 8.92. The van der Waals surface area contributed by atoms with Crippen LogP contribution < -0.4 is 5.73 Å². The van der Waals surface area contributed by atoms with Gasteiger partial charge in [0.1, 0.15) is 0 Å². The van der Waals surface area contributed by atoms with Gasteiger partial charge in [0.05, 0.1) is 6.10 Å². The first kappa shape index (κ1) is 8.97. The molecular formula is C8H17NO2. The molecule has 1 fully saturated rings. The van der Waals surface area contributed by atoms with Gasteiger partial charge in [-0.05, 0) is 32.6 Å². The maximum Gasteiger partial charge on any atom is 0.152 e. The van der Waals surface area contributed by atoms with E-state index in [-0.39, 0.29) is 6.10 Å². The molecule has 66 valence electrons. The molecule has 0 heterocycles. The van der Waals surface area contributed by atoms with Crippen molar-refractivity contribution in [3.8, 4) is 0 Å². The van der Waals surface area contributed by atoms with E-state index in [0.29, 0.717) is 6.04 Å². The van der Waals surface area contributed by atoms with Gasteiger partial charge in [-0.1, -0.05) is 0 Å². The van der Waals surface area contributed by atoms with Crippen LogP contribution in [0.4, 0.5) is 0 Å². The Labute approximate surface area is 67.5 Å². The van der Waals surface area contributed by atoms with Gasteiger partial charge in [-0.3, -0.25) is 0 Å². The van der Waals surface area contributed by atoms with Crippen molar-refractivity contribution in [2.24, 2.45) is 5.73 Å². The van der Waals surface area contributed by atoms with Crippen molar-refractivity contribution in [3.05, 3.63) is 0 Å². The molecule has 0 aromatic heterocycles. The van der Waals surface area contributed by atoms with Crippen molar-refractivity contribution in [3.63, 3.8) is 0 Å². The highest BCUT2D eigenvalue weighted by molar-refractivity contribution is 4.74. The second-order valence-corrected chi connectivity index (χ2v) is 3.27. The monoisotopic (exact) mass is 159 g/mol. The second-order valence-electron chi connectivity index (χ2n) is 3.27. The van der Waals surface area contributed by atoms with E-state index in [1.807, 2.05) is 0 Å². The van der Waals surface area contributed by atoms with Gasteiger partial charge in [0.2, 0.25) is 0 Å². The summed E-state index contributed by atoms with van der Waals surface area (Å²) >= 11 is 0. The Morgan fingerprint density at radius 3 is 2.36 bits per heavy atom. The molecule has 0 radical (unpaired) electrons. The molecule has 0 spiro atoms. The smallest absolute Gasteiger partial charge is 0.152 e. The van der Waals surface area contributed by atoms with Crippen LogP contribution in [0.25, 0.3) is 0 Å². The fourth-order valence-corrected chi connectivity index (χ4v) is 1.50. The molecule has 0 aromatic rings. The first-order valence-electron chi connectivity index (χ1n) is 4.27. The van der Waals surface area contributed by atoms with Crippen LogP contribution in [0.15, 0.2) is 0 Å². The number of ether oxygens (including phenoxy) is 1. The van der Waals surface area contributed by atoms with Crippen LogP contribution in [-0.2, 0) is 4.74 Å². The largest absolute Gasteiger partial charge is 0.368 e. The lowest BCUT2D eigenvalue weighted by Gasteiger charge is -2.26. The average molecular weight is 159 g/mol. The minimum atomic E-state index is -0.630. The van der Waals surface area contributed by atoms with E-state index in [1.54, 1.807) is 6.92 Å². The van der Waals surface area contributed by atoms with Crippen LogP contribution >= 0.6 is 0 Å². The molecule has 1 rings (SSSR count). The molecule has 1 unspecified atom stereocenters. The third kappa shape index (κ3) is 3.18. The van der Waals surface area contributed by atoms with Crippen LogP contribution in [0.2, 0.25) is 0 Å². The number of hydrogen-bond donors (Lipinski definition) is 2. The Bertz CT molecular complexity index is 109. The summed E-state index contributed by atoms with van der Waals surface area (Å²) in [6, 6.07) is 0.351. The molecule has 0 aliphatic heterocycles. The molecular weight excluding hydrogens is 142 g/mol. The van der Waals surface area contributed by atoms with Crippen LogP contribution in [-0.4, -0.2) is 23.5 Å². The predicted octanol–water partition coefficient (Wildman–Crippen LogP) is 0.611. The SMILES string of the molecule is CC(O)OC1CCC(N)CC1. The Balaban J connectivity index is 2.17. The molecule has 1 aliphatic rings. The highest BCUT2D eigenvalue weighted by Crippen LogP contribution is 2.20. The molecule has 0 bridgehead atoms. The van der Waals surface area contributed by atoms with Gasteiger partial charge in [0, 0.05) is 6.04 Å². The van der Waals surface area contributed by atoms with E-state index < -0.39 is 6.29 Å². The number of nitrogens with two attached hydrogens (primary N) is 1. The summed E-state index contributed by atoms with van der Waals surface area (Å²) in [5.41, 5.74) is 5.71. The number of aliphatic hydroxyl groups is 1. The van der Waals surface area contributed by atoms with E-state index >= 15 is 0 Å². The maximum atomic E-state index is 8.92.